The van der Waals surface area contributed by atoms with Gasteiger partial charge in [0, 0.05) is 49.6 Å². The quantitative estimate of drug-likeness (QED) is 0.0513. The molecule has 2 aromatic carbocycles. The maximum absolute atomic E-state index is 14.8. The van der Waals surface area contributed by atoms with Crippen molar-refractivity contribution in [1.29, 1.82) is 0 Å². The molecule has 6 rings (SSSR count). The van der Waals surface area contributed by atoms with Crippen molar-refractivity contribution in [3.05, 3.63) is 96.4 Å². The fourth-order valence-corrected chi connectivity index (χ4v) is 9.45. The summed E-state index contributed by atoms with van der Waals surface area (Å²) in [4.78, 5) is 22.2. The van der Waals surface area contributed by atoms with Gasteiger partial charge in [-0.05, 0) is 86.6 Å². The molecule has 340 valence electrons. The molecular formula is C48H65FN2O11. The van der Waals surface area contributed by atoms with Crippen LogP contribution in [0.3, 0.4) is 0 Å². The van der Waals surface area contributed by atoms with Crippen LogP contribution in [0.25, 0.3) is 0 Å². The Morgan fingerprint density at radius 1 is 0.984 bits per heavy atom. The topological polar surface area (TPSA) is 158 Å². The second kappa shape index (κ2) is 23.9. The lowest BCUT2D eigenvalue weighted by Gasteiger charge is -2.59. The van der Waals surface area contributed by atoms with Gasteiger partial charge < -0.3 is 48.6 Å². The third-order valence-corrected chi connectivity index (χ3v) is 12.3. The van der Waals surface area contributed by atoms with Crippen LogP contribution in [0.4, 0.5) is 9.18 Å². The highest BCUT2D eigenvalue weighted by molar-refractivity contribution is 6.03. The van der Waals surface area contributed by atoms with E-state index in [1.165, 1.54) is 6.07 Å². The van der Waals surface area contributed by atoms with E-state index in [0.717, 1.165) is 49.7 Å². The number of rotatable bonds is 25. The van der Waals surface area contributed by atoms with Crippen molar-refractivity contribution >= 4 is 11.8 Å². The molecule has 2 heterocycles. The lowest BCUT2D eigenvalue weighted by molar-refractivity contribution is -0.256. The molecule has 0 spiro atoms. The van der Waals surface area contributed by atoms with Crippen molar-refractivity contribution < 1.29 is 57.8 Å². The average molecular weight is 865 g/mol. The van der Waals surface area contributed by atoms with Crippen LogP contribution < -0.4 is 9.47 Å². The molecular weight excluding hydrogens is 800 g/mol. The highest BCUT2D eigenvalue weighted by Gasteiger charge is 2.65. The van der Waals surface area contributed by atoms with Gasteiger partial charge in [-0.2, -0.15) is 0 Å². The first-order chi connectivity index (χ1) is 30.4. The van der Waals surface area contributed by atoms with E-state index >= 15 is 0 Å². The summed E-state index contributed by atoms with van der Waals surface area (Å²) in [5.41, 5.74) is 2.79. The van der Waals surface area contributed by atoms with Crippen molar-refractivity contribution in [2.45, 2.75) is 101 Å². The molecule has 62 heavy (non-hydrogen) atoms. The predicted octanol–water partition coefficient (Wildman–Crippen LogP) is 7.59. The SMILES string of the molecule is C=CCCOC(=O)N(CCOCCO)[C@H]1CC(=NOC2CCCCO2)C2=C[C@H](CCCCO)[C@@H](CCCCO)[C@@H]3c4cc(OCc5ccccc5F)ccc4O[C@@]1(OCC=C)[C@H]23. The Hall–Kier alpha value is -4.31. The summed E-state index contributed by atoms with van der Waals surface area (Å²) in [7, 11) is 0. The molecule has 0 radical (unpaired) electrons. The van der Waals surface area contributed by atoms with Crippen LogP contribution >= 0.6 is 0 Å². The van der Waals surface area contributed by atoms with E-state index < -0.39 is 30.1 Å². The van der Waals surface area contributed by atoms with E-state index in [4.69, 9.17) is 38.4 Å². The minimum absolute atomic E-state index is 0.0158. The first-order valence-electron chi connectivity index (χ1n) is 22.3. The summed E-state index contributed by atoms with van der Waals surface area (Å²) >= 11 is 0. The molecule has 13 nitrogen and oxygen atoms in total. The van der Waals surface area contributed by atoms with Gasteiger partial charge >= 0.3 is 6.09 Å². The molecule has 3 N–H and O–H groups in total. The maximum atomic E-state index is 14.8. The Balaban J connectivity index is 1.55. The number of aliphatic hydroxyl groups excluding tert-OH is 3. The van der Waals surface area contributed by atoms with Crippen molar-refractivity contribution in [1.82, 2.24) is 4.90 Å². The molecule has 14 heteroatoms. The number of benzene rings is 2. The fraction of sp³-hybridized carbons (Fsp3) is 0.583. The lowest BCUT2D eigenvalue weighted by Crippen LogP contribution is -2.70. The number of amides is 1. The van der Waals surface area contributed by atoms with E-state index in [2.05, 4.69) is 19.2 Å². The number of ether oxygens (including phenoxy) is 6. The smallest absolute Gasteiger partial charge is 0.410 e. The van der Waals surface area contributed by atoms with Crippen LogP contribution in [0.2, 0.25) is 0 Å². The zero-order valence-electron chi connectivity index (χ0n) is 35.9. The Kier molecular flexibility index (Phi) is 18.2. The molecule has 2 aliphatic carbocycles. The Bertz CT molecular complexity index is 1820. The van der Waals surface area contributed by atoms with Gasteiger partial charge in [0.25, 0.3) is 0 Å². The van der Waals surface area contributed by atoms with Crippen molar-refractivity contribution in [2.75, 3.05) is 59.4 Å². The summed E-state index contributed by atoms with van der Waals surface area (Å²) < 4.78 is 52.9. The van der Waals surface area contributed by atoms with Gasteiger partial charge in [-0.25, -0.2) is 9.18 Å². The first-order valence-corrected chi connectivity index (χ1v) is 22.3. The molecule has 1 unspecified atom stereocenters. The van der Waals surface area contributed by atoms with Gasteiger partial charge in [-0.1, -0.05) is 54.4 Å². The molecule has 0 bridgehead atoms. The summed E-state index contributed by atoms with van der Waals surface area (Å²) in [6.45, 7) is 8.76. The number of hydrogen-bond acceptors (Lipinski definition) is 12. The van der Waals surface area contributed by atoms with E-state index in [0.29, 0.717) is 55.1 Å². The monoisotopic (exact) mass is 864 g/mol. The predicted molar refractivity (Wildman–Crippen MR) is 231 cm³/mol. The van der Waals surface area contributed by atoms with Gasteiger partial charge in [0.15, 0.2) is 0 Å². The van der Waals surface area contributed by atoms with Gasteiger partial charge in [0.2, 0.25) is 12.1 Å². The van der Waals surface area contributed by atoms with Crippen LogP contribution in [0, 0.1) is 23.6 Å². The number of unbranched alkanes of at least 4 members (excludes halogenated alkanes) is 2. The summed E-state index contributed by atoms with van der Waals surface area (Å²) in [5, 5.41) is 34.3. The molecule has 2 aliphatic heterocycles. The number of fused-ring (bicyclic) bond motifs is 2. The Labute approximate surface area is 365 Å². The molecule has 1 amide bonds. The number of halogens is 1. The standard InChI is InChI=1S/C48H65FN2O11/c1-3-5-26-58-47(55)51(21-28-56-29-24-54)43-32-41(50-62-44-18-10-13-27-57-44)38-30-34(14-8-11-22-52)37(16-9-12-23-53)45-39-31-36(59-33-35-15-6-7-17-40(35)49)19-20-42(39)61-48(43,46(38)45)60-25-4-2/h3-4,6-7,15,17,19-20,30-31,34,37,43-46,52-54H,1-2,5,8-14,16,18,21-29,32-33H2/t34-,37+,43-,44?,45+,46+,48+/m0/s1. The summed E-state index contributed by atoms with van der Waals surface area (Å²) in [6.07, 6.45) is 12.0. The largest absolute Gasteiger partial charge is 0.489 e. The molecule has 7 atom stereocenters. The van der Waals surface area contributed by atoms with E-state index in [1.807, 2.05) is 12.1 Å². The maximum Gasteiger partial charge on any atom is 0.410 e. The van der Waals surface area contributed by atoms with Gasteiger partial charge in [0.1, 0.15) is 30.0 Å². The van der Waals surface area contributed by atoms with Crippen molar-refractivity contribution in [3.63, 3.8) is 0 Å². The van der Waals surface area contributed by atoms with Gasteiger partial charge in [0.05, 0.1) is 51.3 Å². The number of oxime groups is 1. The number of carbonyl (C=O) groups is 1. The number of allylic oxidation sites excluding steroid dienone is 1. The summed E-state index contributed by atoms with van der Waals surface area (Å²) in [5.74, 6) is -1.68. The Morgan fingerprint density at radius 2 is 1.81 bits per heavy atom. The van der Waals surface area contributed by atoms with Crippen LogP contribution in [0.1, 0.15) is 87.7 Å². The van der Waals surface area contributed by atoms with Crippen LogP contribution in [-0.2, 0) is 30.4 Å². The molecule has 1 saturated carbocycles. The first kappa shape index (κ1) is 47.2. The second-order valence-electron chi connectivity index (χ2n) is 16.3. The van der Waals surface area contributed by atoms with E-state index in [1.54, 1.807) is 41.3 Å². The normalized spacial score (nSPS) is 25.7. The third-order valence-electron chi connectivity index (χ3n) is 12.3. The minimum atomic E-state index is -1.52. The fourth-order valence-electron chi connectivity index (χ4n) is 9.45. The molecule has 0 aromatic heterocycles. The number of hydrogen-bond donors (Lipinski definition) is 3. The van der Waals surface area contributed by atoms with E-state index in [9.17, 15) is 24.5 Å². The zero-order chi connectivity index (χ0) is 43.7. The van der Waals surface area contributed by atoms with Crippen LogP contribution in [0.15, 0.2) is 84.6 Å². The number of nitrogens with zero attached hydrogens (tertiary/aromatic N) is 2. The number of carbonyl (C=O) groups excluding carboxylic acids is 1. The van der Waals surface area contributed by atoms with Gasteiger partial charge in [-0.3, -0.25) is 4.90 Å². The van der Waals surface area contributed by atoms with Crippen LogP contribution in [0.5, 0.6) is 11.5 Å². The molecule has 4 aliphatic rings. The minimum Gasteiger partial charge on any atom is -0.489 e. The molecule has 2 aromatic rings. The highest BCUT2D eigenvalue weighted by Crippen LogP contribution is 2.62. The third kappa shape index (κ3) is 11.4. The van der Waals surface area contributed by atoms with Crippen LogP contribution in [-0.4, -0.2) is 110 Å². The highest BCUT2D eigenvalue weighted by atomic mass is 19.1. The van der Waals surface area contributed by atoms with Crippen molar-refractivity contribution in [2.24, 2.45) is 22.9 Å². The Morgan fingerprint density at radius 3 is 2.55 bits per heavy atom. The molecule has 1 saturated heterocycles. The zero-order valence-corrected chi connectivity index (χ0v) is 35.9. The second-order valence-corrected chi connectivity index (χ2v) is 16.3. The summed E-state index contributed by atoms with van der Waals surface area (Å²) in [6, 6.07) is 11.3. The number of aliphatic hydroxyl groups is 3. The molecule has 2 fully saturated rings. The van der Waals surface area contributed by atoms with Gasteiger partial charge in [-0.15, -0.1) is 13.2 Å². The van der Waals surface area contributed by atoms with E-state index in [-0.39, 0.29) is 89.4 Å². The van der Waals surface area contributed by atoms with Crippen molar-refractivity contribution in [3.8, 4) is 11.5 Å². The average Bonchev–Trinajstić information content (AvgIpc) is 3.29. The lowest BCUT2D eigenvalue weighted by atomic mass is 9.55.